The SMILES string of the molecule is Cc1cc(Cl)cc2c1NC(=O)[C@@]21N[C@@H](Cc2ccccc2)[C@H]2C(=O)N(CCc3ccccc3)C(=O)[C@@H]21. The highest BCUT2D eigenvalue weighted by atomic mass is 35.5. The lowest BCUT2D eigenvalue weighted by molar-refractivity contribution is -0.142. The second-order valence-corrected chi connectivity index (χ2v) is 10.4. The molecule has 6 rings (SSSR count). The van der Waals surface area contributed by atoms with Gasteiger partial charge in [0.15, 0.2) is 0 Å². The number of imide groups is 1. The third-order valence-electron chi connectivity index (χ3n) is 7.84. The lowest BCUT2D eigenvalue weighted by Gasteiger charge is -2.29. The van der Waals surface area contributed by atoms with Crippen LogP contribution in [0, 0.1) is 18.8 Å². The summed E-state index contributed by atoms with van der Waals surface area (Å²) in [6.07, 6.45) is 1.09. The summed E-state index contributed by atoms with van der Waals surface area (Å²) in [6, 6.07) is 22.8. The molecule has 182 valence electrons. The van der Waals surface area contributed by atoms with Gasteiger partial charge in [-0.3, -0.25) is 24.6 Å². The maximum Gasteiger partial charge on any atom is 0.250 e. The molecule has 0 saturated carbocycles. The Balaban J connectivity index is 1.42. The fraction of sp³-hybridized carbons (Fsp3) is 0.276. The van der Waals surface area contributed by atoms with Gasteiger partial charge in [0.25, 0.3) is 0 Å². The van der Waals surface area contributed by atoms with Crippen LogP contribution in [0.25, 0.3) is 0 Å². The molecule has 2 saturated heterocycles. The summed E-state index contributed by atoms with van der Waals surface area (Å²) in [7, 11) is 0. The van der Waals surface area contributed by atoms with E-state index in [4.69, 9.17) is 11.6 Å². The fourth-order valence-corrected chi connectivity index (χ4v) is 6.51. The highest BCUT2D eigenvalue weighted by Gasteiger charge is 2.70. The van der Waals surface area contributed by atoms with E-state index in [1.165, 1.54) is 4.90 Å². The second-order valence-electron chi connectivity index (χ2n) is 9.92. The number of carbonyl (C=O) groups excluding carboxylic acids is 3. The van der Waals surface area contributed by atoms with Crippen molar-refractivity contribution >= 4 is 35.0 Å². The third-order valence-corrected chi connectivity index (χ3v) is 8.06. The van der Waals surface area contributed by atoms with E-state index < -0.39 is 17.4 Å². The van der Waals surface area contributed by atoms with Crippen LogP contribution in [0.1, 0.15) is 22.3 Å². The van der Waals surface area contributed by atoms with E-state index in [0.29, 0.717) is 29.1 Å². The molecular formula is C29H26ClN3O3. The molecule has 1 spiro atoms. The van der Waals surface area contributed by atoms with Crippen LogP contribution in [0.2, 0.25) is 5.02 Å². The van der Waals surface area contributed by atoms with Gasteiger partial charge < -0.3 is 5.32 Å². The van der Waals surface area contributed by atoms with Gasteiger partial charge in [0.2, 0.25) is 17.7 Å². The largest absolute Gasteiger partial charge is 0.324 e. The van der Waals surface area contributed by atoms with Crippen LogP contribution in [0.4, 0.5) is 5.69 Å². The molecule has 0 bridgehead atoms. The Bertz CT molecular complexity index is 1380. The molecule has 0 radical (unpaired) electrons. The predicted molar refractivity (Wildman–Crippen MR) is 137 cm³/mol. The molecule has 3 aliphatic heterocycles. The van der Waals surface area contributed by atoms with Crippen LogP contribution in [0.5, 0.6) is 0 Å². The molecule has 6 nitrogen and oxygen atoms in total. The first kappa shape index (κ1) is 23.0. The van der Waals surface area contributed by atoms with Gasteiger partial charge in [-0.2, -0.15) is 0 Å². The van der Waals surface area contributed by atoms with Crippen molar-refractivity contribution in [1.82, 2.24) is 10.2 Å². The van der Waals surface area contributed by atoms with Gasteiger partial charge in [0.05, 0.1) is 11.8 Å². The van der Waals surface area contributed by atoms with E-state index in [1.54, 1.807) is 12.1 Å². The predicted octanol–water partition coefficient (Wildman–Crippen LogP) is 3.85. The molecular weight excluding hydrogens is 474 g/mol. The molecule has 2 fully saturated rings. The summed E-state index contributed by atoms with van der Waals surface area (Å²) in [5.41, 5.74) is 2.88. The Morgan fingerprint density at radius 3 is 2.28 bits per heavy atom. The number of nitrogens with one attached hydrogen (secondary N) is 2. The summed E-state index contributed by atoms with van der Waals surface area (Å²) >= 11 is 6.43. The van der Waals surface area contributed by atoms with Gasteiger partial charge >= 0.3 is 0 Å². The highest BCUT2D eigenvalue weighted by molar-refractivity contribution is 6.31. The van der Waals surface area contributed by atoms with Crippen molar-refractivity contribution in [3.63, 3.8) is 0 Å². The highest BCUT2D eigenvalue weighted by Crippen LogP contribution is 2.54. The average molecular weight is 500 g/mol. The van der Waals surface area contributed by atoms with E-state index in [-0.39, 0.29) is 30.3 Å². The molecule has 3 heterocycles. The number of halogens is 1. The van der Waals surface area contributed by atoms with Crippen molar-refractivity contribution in [3.05, 3.63) is 100 Å². The lowest BCUT2D eigenvalue weighted by atomic mass is 9.76. The number of hydrogen-bond donors (Lipinski definition) is 2. The average Bonchev–Trinajstić information content (AvgIpc) is 3.44. The molecule has 36 heavy (non-hydrogen) atoms. The topological polar surface area (TPSA) is 78.5 Å². The standard InChI is InChI=1S/C29H26ClN3O3/c1-17-14-20(30)16-21-25(17)31-28(36)29(21)24-23(22(32-29)15-19-10-6-3-7-11-19)26(34)33(27(24)35)13-12-18-8-4-2-5-9-18/h2-11,14,16,22-24,32H,12-13,15H2,1H3,(H,31,36)/t22-,23+,24+,29+/m0/s1. The number of benzene rings is 3. The number of rotatable bonds is 5. The number of nitrogens with zero attached hydrogens (tertiary/aromatic N) is 1. The first-order chi connectivity index (χ1) is 17.4. The third kappa shape index (κ3) is 3.39. The first-order valence-electron chi connectivity index (χ1n) is 12.2. The van der Waals surface area contributed by atoms with E-state index in [9.17, 15) is 14.4 Å². The molecule has 3 aromatic rings. The van der Waals surface area contributed by atoms with E-state index in [0.717, 1.165) is 16.7 Å². The Morgan fingerprint density at radius 2 is 1.58 bits per heavy atom. The molecule has 7 heteroatoms. The normalized spacial score (nSPS) is 26.4. The van der Waals surface area contributed by atoms with Crippen LogP contribution in [-0.2, 0) is 32.8 Å². The molecule has 0 unspecified atom stereocenters. The van der Waals surface area contributed by atoms with Crippen LogP contribution < -0.4 is 10.6 Å². The molecule has 3 amide bonds. The monoisotopic (exact) mass is 499 g/mol. The van der Waals surface area contributed by atoms with Crippen molar-refractivity contribution in [3.8, 4) is 0 Å². The van der Waals surface area contributed by atoms with Crippen LogP contribution in [-0.4, -0.2) is 35.2 Å². The first-order valence-corrected chi connectivity index (χ1v) is 12.6. The van der Waals surface area contributed by atoms with Gasteiger partial charge in [0.1, 0.15) is 5.54 Å². The summed E-state index contributed by atoms with van der Waals surface area (Å²) in [5, 5.41) is 6.97. The van der Waals surface area contributed by atoms with Crippen LogP contribution in [0.15, 0.2) is 72.8 Å². The van der Waals surface area contributed by atoms with Gasteiger partial charge in [0, 0.05) is 28.9 Å². The zero-order chi connectivity index (χ0) is 25.0. The number of fused-ring (bicyclic) bond motifs is 4. The van der Waals surface area contributed by atoms with Crippen LogP contribution >= 0.6 is 11.6 Å². The number of carbonyl (C=O) groups is 3. The summed E-state index contributed by atoms with van der Waals surface area (Å²) in [5.74, 6) is -2.31. The quantitative estimate of drug-likeness (QED) is 0.523. The van der Waals surface area contributed by atoms with Crippen LogP contribution in [0.3, 0.4) is 0 Å². The van der Waals surface area contributed by atoms with Gasteiger partial charge in [-0.15, -0.1) is 0 Å². The molecule has 2 N–H and O–H groups in total. The lowest BCUT2D eigenvalue weighted by Crippen LogP contribution is -2.53. The van der Waals surface area contributed by atoms with E-state index in [2.05, 4.69) is 10.6 Å². The van der Waals surface area contributed by atoms with Gasteiger partial charge in [-0.25, -0.2) is 0 Å². The Hall–Kier alpha value is -3.48. The van der Waals surface area contributed by atoms with E-state index >= 15 is 0 Å². The zero-order valence-electron chi connectivity index (χ0n) is 19.8. The maximum absolute atomic E-state index is 14.0. The number of likely N-dealkylation sites (tertiary alicyclic amines) is 1. The molecule has 0 aliphatic carbocycles. The van der Waals surface area contributed by atoms with Crippen molar-refractivity contribution in [2.45, 2.75) is 31.3 Å². The summed E-state index contributed by atoms with van der Waals surface area (Å²) in [6.45, 7) is 2.16. The maximum atomic E-state index is 14.0. The minimum absolute atomic E-state index is 0.216. The zero-order valence-corrected chi connectivity index (χ0v) is 20.6. The van der Waals surface area contributed by atoms with Crippen molar-refractivity contribution < 1.29 is 14.4 Å². The van der Waals surface area contributed by atoms with Gasteiger partial charge in [-0.1, -0.05) is 72.3 Å². The summed E-state index contributed by atoms with van der Waals surface area (Å²) in [4.78, 5) is 42.8. The van der Waals surface area contributed by atoms with Crippen molar-refractivity contribution in [2.75, 3.05) is 11.9 Å². The smallest absolute Gasteiger partial charge is 0.250 e. The van der Waals surface area contributed by atoms with E-state index in [1.807, 2.05) is 67.6 Å². The van der Waals surface area contributed by atoms with Crippen molar-refractivity contribution in [2.24, 2.45) is 11.8 Å². The minimum atomic E-state index is -1.34. The molecule has 0 aromatic heterocycles. The molecule has 3 aromatic carbocycles. The van der Waals surface area contributed by atoms with Gasteiger partial charge in [-0.05, 0) is 48.6 Å². The Morgan fingerprint density at radius 1 is 0.917 bits per heavy atom. The summed E-state index contributed by atoms with van der Waals surface area (Å²) < 4.78 is 0. The number of amides is 3. The fourth-order valence-electron chi connectivity index (χ4n) is 6.24. The Kier molecular flexibility index (Phi) is 5.47. The number of hydrogen-bond acceptors (Lipinski definition) is 4. The number of aryl methyl sites for hydroxylation is 1. The van der Waals surface area contributed by atoms with Crippen molar-refractivity contribution in [1.29, 1.82) is 0 Å². The number of anilines is 1. The Labute approximate surface area is 214 Å². The molecule has 3 aliphatic rings. The minimum Gasteiger partial charge on any atom is -0.324 e. The second kappa shape index (κ2) is 8.57. The molecule has 4 atom stereocenters.